The fraction of sp³-hybridized carbons (Fsp3) is 0.222. The van der Waals surface area contributed by atoms with E-state index in [-0.39, 0.29) is 16.8 Å². The zero-order valence-electron chi connectivity index (χ0n) is 13.9. The summed E-state index contributed by atoms with van der Waals surface area (Å²) < 4.78 is 0. The van der Waals surface area contributed by atoms with E-state index in [1.54, 1.807) is 0 Å². The Bertz CT molecular complexity index is 841. The van der Waals surface area contributed by atoms with Crippen LogP contribution in [0.15, 0.2) is 41.5 Å². The van der Waals surface area contributed by atoms with Gasteiger partial charge >= 0.3 is 11.9 Å². The van der Waals surface area contributed by atoms with E-state index in [0.29, 0.717) is 34.5 Å². The van der Waals surface area contributed by atoms with Gasteiger partial charge in [0.2, 0.25) is 5.69 Å². The van der Waals surface area contributed by atoms with Crippen molar-refractivity contribution in [2.75, 3.05) is 0 Å². The van der Waals surface area contributed by atoms with Crippen molar-refractivity contribution < 1.29 is 24.7 Å². The number of carboxylic acids is 2. The molecule has 0 aliphatic heterocycles. The average Bonchev–Trinajstić information content (AvgIpc) is 2.60. The van der Waals surface area contributed by atoms with Crippen LogP contribution < -0.4 is 0 Å². The van der Waals surface area contributed by atoms with Crippen molar-refractivity contribution in [3.05, 3.63) is 63.9 Å². The second kappa shape index (κ2) is 7.57. The first kappa shape index (κ1) is 18.1. The lowest BCUT2D eigenvalue weighted by atomic mass is 9.95. The SMILES string of the molecule is CCc1c(C(=O)O)ccc([N+]([O-])=Nc2ccc(C(=O)O)cc2)c1CC. The molecule has 25 heavy (non-hydrogen) atoms. The number of azo groups is 1. The van der Waals surface area contributed by atoms with Gasteiger partial charge in [-0.05, 0) is 53.6 Å². The van der Waals surface area contributed by atoms with Gasteiger partial charge in [0.1, 0.15) is 5.69 Å². The number of aromatic carboxylic acids is 2. The summed E-state index contributed by atoms with van der Waals surface area (Å²) in [6.45, 7) is 3.68. The standard InChI is InChI=1S/C18H18N2O5/c1-3-13-14(4-2)16(10-9-15(13)18(23)24)20(25)19-12-7-5-11(6-8-12)17(21)22/h5-10H,3-4H2,1-2H3,(H,21,22)(H,23,24). The predicted octanol–water partition coefficient (Wildman–Crippen LogP) is 4.13. The zero-order chi connectivity index (χ0) is 18.6. The van der Waals surface area contributed by atoms with Gasteiger partial charge in [-0.25, -0.2) is 9.59 Å². The Morgan fingerprint density at radius 2 is 1.56 bits per heavy atom. The predicted molar refractivity (Wildman–Crippen MR) is 90.9 cm³/mol. The third-order valence-corrected chi connectivity index (χ3v) is 3.87. The van der Waals surface area contributed by atoms with E-state index in [1.165, 1.54) is 36.4 Å². The summed E-state index contributed by atoms with van der Waals surface area (Å²) in [5, 5.41) is 34.5. The minimum absolute atomic E-state index is 0.102. The Morgan fingerprint density at radius 1 is 0.960 bits per heavy atom. The molecule has 0 saturated heterocycles. The van der Waals surface area contributed by atoms with Crippen LogP contribution in [0.3, 0.4) is 0 Å². The van der Waals surface area contributed by atoms with E-state index in [0.717, 1.165) is 0 Å². The molecule has 0 fully saturated rings. The van der Waals surface area contributed by atoms with E-state index < -0.39 is 11.9 Å². The molecule has 0 amide bonds. The topological polar surface area (TPSA) is 113 Å². The highest BCUT2D eigenvalue weighted by molar-refractivity contribution is 5.90. The molecule has 0 aliphatic carbocycles. The number of hydrogen-bond acceptors (Lipinski definition) is 4. The highest BCUT2D eigenvalue weighted by atomic mass is 16.5. The van der Waals surface area contributed by atoms with E-state index in [1.807, 2.05) is 13.8 Å². The molecule has 0 spiro atoms. The van der Waals surface area contributed by atoms with Crippen molar-refractivity contribution in [2.45, 2.75) is 26.7 Å². The average molecular weight is 342 g/mol. The lowest BCUT2D eigenvalue weighted by Gasteiger charge is -2.12. The summed E-state index contributed by atoms with van der Waals surface area (Å²) in [5.41, 5.74) is 2.13. The van der Waals surface area contributed by atoms with Crippen molar-refractivity contribution in [3.8, 4) is 0 Å². The van der Waals surface area contributed by atoms with Gasteiger partial charge in [-0.2, -0.15) is 0 Å². The van der Waals surface area contributed by atoms with Gasteiger partial charge in [-0.1, -0.05) is 13.8 Å². The van der Waals surface area contributed by atoms with Crippen LogP contribution in [-0.2, 0) is 12.8 Å². The molecular formula is C18H18N2O5. The number of carbonyl (C=O) groups is 2. The minimum atomic E-state index is -1.06. The smallest absolute Gasteiger partial charge is 0.335 e. The molecule has 2 rings (SSSR count). The normalized spacial score (nSPS) is 11.4. The summed E-state index contributed by atoms with van der Waals surface area (Å²) in [6, 6.07) is 8.45. The van der Waals surface area contributed by atoms with E-state index in [2.05, 4.69) is 5.11 Å². The number of benzene rings is 2. The third kappa shape index (κ3) is 3.82. The molecule has 0 aromatic heterocycles. The van der Waals surface area contributed by atoms with Crippen LogP contribution in [0, 0.1) is 5.21 Å². The highest BCUT2D eigenvalue weighted by Crippen LogP contribution is 2.28. The van der Waals surface area contributed by atoms with Gasteiger partial charge < -0.3 is 15.4 Å². The molecule has 2 N–H and O–H groups in total. The van der Waals surface area contributed by atoms with Gasteiger partial charge in [0.05, 0.1) is 11.1 Å². The van der Waals surface area contributed by atoms with Crippen LogP contribution in [0.25, 0.3) is 0 Å². The minimum Gasteiger partial charge on any atom is -0.594 e. The van der Waals surface area contributed by atoms with Gasteiger partial charge in [-0.3, -0.25) is 0 Å². The summed E-state index contributed by atoms with van der Waals surface area (Å²) in [7, 11) is 0. The number of rotatable bonds is 6. The Labute approximate surface area is 144 Å². The summed E-state index contributed by atoms with van der Waals surface area (Å²) in [4.78, 5) is 22.6. The Morgan fingerprint density at radius 3 is 2.04 bits per heavy atom. The molecule has 0 aliphatic rings. The van der Waals surface area contributed by atoms with Gasteiger partial charge in [0.25, 0.3) is 0 Å². The number of carboxylic acid groups (broad SMARTS) is 2. The van der Waals surface area contributed by atoms with Crippen LogP contribution in [0.2, 0.25) is 0 Å². The molecule has 2 aromatic rings. The second-order valence-corrected chi connectivity index (χ2v) is 5.33. The molecule has 0 unspecified atom stereocenters. The quantitative estimate of drug-likeness (QED) is 0.465. The van der Waals surface area contributed by atoms with E-state index in [9.17, 15) is 19.9 Å². The Kier molecular flexibility index (Phi) is 5.49. The highest BCUT2D eigenvalue weighted by Gasteiger charge is 2.20. The summed E-state index contributed by atoms with van der Waals surface area (Å²) >= 11 is 0. The molecule has 7 heteroatoms. The lowest BCUT2D eigenvalue weighted by Crippen LogP contribution is -2.08. The summed E-state index contributed by atoms with van der Waals surface area (Å²) in [6.07, 6.45) is 0.978. The Hall–Kier alpha value is -3.22. The first-order chi connectivity index (χ1) is 11.9. The van der Waals surface area contributed by atoms with E-state index >= 15 is 0 Å². The molecule has 0 atom stereocenters. The zero-order valence-corrected chi connectivity index (χ0v) is 13.9. The fourth-order valence-corrected chi connectivity index (χ4v) is 2.69. The van der Waals surface area contributed by atoms with Gasteiger partial charge in [0, 0.05) is 16.7 Å². The second-order valence-electron chi connectivity index (χ2n) is 5.33. The van der Waals surface area contributed by atoms with Crippen LogP contribution in [0.1, 0.15) is 45.7 Å². The van der Waals surface area contributed by atoms with Crippen molar-refractivity contribution in [2.24, 2.45) is 5.11 Å². The first-order valence-corrected chi connectivity index (χ1v) is 7.79. The van der Waals surface area contributed by atoms with Gasteiger partial charge in [0.15, 0.2) is 0 Å². The maximum Gasteiger partial charge on any atom is 0.335 e. The monoisotopic (exact) mass is 342 g/mol. The largest absolute Gasteiger partial charge is 0.594 e. The van der Waals surface area contributed by atoms with Gasteiger partial charge in [-0.15, -0.1) is 0 Å². The molecule has 2 aromatic carbocycles. The maximum atomic E-state index is 12.4. The fourth-order valence-electron chi connectivity index (χ4n) is 2.69. The van der Waals surface area contributed by atoms with Crippen molar-refractivity contribution >= 4 is 23.3 Å². The number of nitrogens with zero attached hydrogens (tertiary/aromatic N) is 2. The van der Waals surface area contributed by atoms with Crippen molar-refractivity contribution in [1.82, 2.24) is 0 Å². The molecule has 7 nitrogen and oxygen atoms in total. The third-order valence-electron chi connectivity index (χ3n) is 3.87. The molecule has 0 bridgehead atoms. The summed E-state index contributed by atoms with van der Waals surface area (Å²) in [5.74, 6) is -2.09. The molecule has 0 radical (unpaired) electrons. The van der Waals surface area contributed by atoms with Crippen LogP contribution in [0.4, 0.5) is 11.4 Å². The van der Waals surface area contributed by atoms with Crippen molar-refractivity contribution in [1.29, 1.82) is 0 Å². The Balaban J connectivity index is 2.49. The van der Waals surface area contributed by atoms with Crippen LogP contribution >= 0.6 is 0 Å². The van der Waals surface area contributed by atoms with Crippen LogP contribution in [0.5, 0.6) is 0 Å². The maximum absolute atomic E-state index is 12.4. The first-order valence-electron chi connectivity index (χ1n) is 7.79. The van der Waals surface area contributed by atoms with Crippen molar-refractivity contribution in [3.63, 3.8) is 0 Å². The van der Waals surface area contributed by atoms with E-state index in [4.69, 9.17) is 5.11 Å². The molecule has 0 saturated carbocycles. The molecule has 130 valence electrons. The molecular weight excluding hydrogens is 324 g/mol. The molecule has 0 heterocycles. The van der Waals surface area contributed by atoms with Crippen LogP contribution in [-0.4, -0.2) is 27.0 Å². The number of hydrogen-bond donors (Lipinski definition) is 2. The lowest BCUT2D eigenvalue weighted by molar-refractivity contribution is -0.436.